The van der Waals surface area contributed by atoms with Gasteiger partial charge in [-0.3, -0.25) is 14.4 Å². The van der Waals surface area contributed by atoms with Gasteiger partial charge in [0.25, 0.3) is 0 Å². The van der Waals surface area contributed by atoms with E-state index in [0.29, 0.717) is 38.5 Å². The lowest BCUT2D eigenvalue weighted by Crippen LogP contribution is -2.69. The monoisotopic (exact) mass is 1770 g/mol. The molecule has 0 radical (unpaired) electrons. The zero-order chi connectivity index (χ0) is 90.0. The van der Waals surface area contributed by atoms with Crippen LogP contribution in [-0.4, -0.2) is 404 Å². The lowest BCUT2D eigenvalue weighted by molar-refractivity contribution is -0.393. The summed E-state index contributed by atoms with van der Waals surface area (Å²) in [5, 5.41) is 226. The van der Waals surface area contributed by atoms with Crippen LogP contribution in [0.4, 0.5) is 0 Å². The molecule has 8 heterocycles. The quantitative estimate of drug-likeness (QED) is 0.0157. The first-order chi connectivity index (χ1) is 57.6. The zero-order valence-corrected chi connectivity index (χ0v) is 70.0. The highest BCUT2D eigenvalue weighted by Gasteiger charge is 2.74. The first kappa shape index (κ1) is 96.5. The Morgan fingerprint density at radius 3 is 1.59 bits per heavy atom. The van der Waals surface area contributed by atoms with E-state index in [4.69, 9.17) is 85.3 Å². The summed E-state index contributed by atoms with van der Waals surface area (Å²) in [7, 11) is 0. The van der Waals surface area contributed by atoms with Crippen molar-refractivity contribution in [2.24, 2.45) is 50.2 Å². The number of hydrogen-bond donors (Lipinski definition) is 20. The van der Waals surface area contributed by atoms with Gasteiger partial charge in [-0.1, -0.05) is 53.2 Å². The summed E-state index contributed by atoms with van der Waals surface area (Å²) in [6.45, 7) is 15.4. The van der Waals surface area contributed by atoms with Crippen molar-refractivity contribution < 1.29 is 211 Å². The third kappa shape index (κ3) is 17.5. The summed E-state index contributed by atoms with van der Waals surface area (Å²) >= 11 is 0. The number of ether oxygens (including phenoxy) is 18. The van der Waals surface area contributed by atoms with E-state index >= 15 is 4.79 Å². The van der Waals surface area contributed by atoms with Gasteiger partial charge in [0.05, 0.1) is 55.8 Å². The molecule has 0 aromatic carbocycles. The van der Waals surface area contributed by atoms with Crippen molar-refractivity contribution >= 4 is 30.2 Å². The molecule has 123 heavy (non-hydrogen) atoms. The summed E-state index contributed by atoms with van der Waals surface area (Å²) in [5.41, 5.74) is -5.44. The fraction of sp³-hybridized carbons (Fsp3) is 0.912. The van der Waals surface area contributed by atoms with Crippen LogP contribution in [0.2, 0.25) is 0 Å². The number of carboxylic acids is 1. The summed E-state index contributed by atoms with van der Waals surface area (Å²) in [6, 6.07) is 0. The van der Waals surface area contributed by atoms with Crippen molar-refractivity contribution in [2.45, 2.75) is 380 Å². The first-order valence-corrected chi connectivity index (χ1v) is 42.2. The third-order valence-electron chi connectivity index (χ3n) is 29.5. The largest absolute Gasteiger partial charge is 0.479 e. The summed E-state index contributed by atoms with van der Waals surface area (Å²) in [4.78, 5) is 67.9. The van der Waals surface area contributed by atoms with E-state index in [2.05, 4.69) is 26.8 Å². The highest BCUT2D eigenvalue weighted by molar-refractivity contribution is 5.80. The topological polar surface area (TPSA) is 656 Å². The van der Waals surface area contributed by atoms with Crippen molar-refractivity contribution in [3.05, 3.63) is 11.6 Å². The van der Waals surface area contributed by atoms with E-state index in [-0.39, 0.29) is 25.2 Å². The van der Waals surface area contributed by atoms with E-state index in [9.17, 15) is 121 Å². The van der Waals surface area contributed by atoms with E-state index in [1.165, 1.54) is 20.8 Å². The van der Waals surface area contributed by atoms with Crippen LogP contribution in [0.5, 0.6) is 0 Å². The molecular formula is C80H124O43. The minimum Gasteiger partial charge on any atom is -0.479 e. The van der Waals surface area contributed by atoms with Crippen LogP contribution in [-0.2, 0) is 109 Å². The van der Waals surface area contributed by atoms with E-state index < -0.39 is 340 Å². The number of esters is 3. The normalized spacial score (nSPS) is 53.0. The van der Waals surface area contributed by atoms with Crippen molar-refractivity contribution in [3.8, 4) is 0 Å². The molecule has 48 atom stereocenters. The molecule has 13 rings (SSSR count). The first-order valence-electron chi connectivity index (χ1n) is 42.2. The summed E-state index contributed by atoms with van der Waals surface area (Å²) in [6.07, 6.45) is -68.8. The fourth-order valence-corrected chi connectivity index (χ4v) is 22.2. The third-order valence-corrected chi connectivity index (χ3v) is 29.5. The van der Waals surface area contributed by atoms with Crippen molar-refractivity contribution in [2.75, 3.05) is 26.4 Å². The molecule has 43 nitrogen and oxygen atoms in total. The molecule has 0 bridgehead atoms. The van der Waals surface area contributed by atoms with Gasteiger partial charge in [-0.15, -0.1) is 0 Å². The molecule has 0 aromatic heterocycles. The molecule has 12 fully saturated rings. The van der Waals surface area contributed by atoms with Crippen LogP contribution in [0.3, 0.4) is 0 Å². The number of fused-ring (bicyclic) bond motifs is 7. The maximum Gasteiger partial charge on any atom is 0.335 e. The van der Waals surface area contributed by atoms with Crippen LogP contribution in [0, 0.1) is 50.2 Å². The Balaban J connectivity index is 0.775. The maximum atomic E-state index is 16.4. The molecule has 20 N–H and O–H groups in total. The predicted octanol–water partition coefficient (Wildman–Crippen LogP) is -6.99. The molecule has 4 saturated carbocycles. The second-order valence-electron chi connectivity index (χ2n) is 37.6. The minimum atomic E-state index is -2.26. The summed E-state index contributed by atoms with van der Waals surface area (Å²) in [5.74, 6) is -6.11. The van der Waals surface area contributed by atoms with Gasteiger partial charge in [-0.2, -0.15) is 0 Å². The van der Waals surface area contributed by atoms with E-state index in [1.54, 1.807) is 6.92 Å². The van der Waals surface area contributed by atoms with Gasteiger partial charge in [0, 0.05) is 13.8 Å². The number of aliphatic hydroxyl groups excluding tert-OH is 19. The van der Waals surface area contributed by atoms with Gasteiger partial charge >= 0.3 is 23.9 Å². The number of aliphatic carboxylic acids is 1. The highest BCUT2D eigenvalue weighted by Crippen LogP contribution is 2.76. The molecule has 43 heteroatoms. The number of hydrogen-bond acceptors (Lipinski definition) is 42. The average Bonchev–Trinajstić information content (AvgIpc) is 0.668. The number of rotatable bonds is 22. The highest BCUT2D eigenvalue weighted by atomic mass is 16.8. The second kappa shape index (κ2) is 36.9. The number of allylic oxidation sites excluding steroid dienone is 2. The Hall–Kier alpha value is -4.07. The van der Waals surface area contributed by atoms with Gasteiger partial charge in [-0.25, -0.2) is 4.79 Å². The van der Waals surface area contributed by atoms with E-state index in [1.807, 2.05) is 13.8 Å². The molecule has 8 aliphatic heterocycles. The zero-order valence-electron chi connectivity index (χ0n) is 70.0. The second-order valence-corrected chi connectivity index (χ2v) is 37.6. The summed E-state index contributed by atoms with van der Waals surface area (Å²) < 4.78 is 108. The standard InChI is InChI=1S/C80H124O43/c1-27-42(88)59(112-31(5)84)56(102)71(109-27)119-60-43(89)28(2)110-72(63(60)121-68-53(99)49(95)57(29(3)111-68)116-67-55(101)58(35(86)24-108-67)117-70-52(98)48(94)46(92)37(114-70)25-106-30(4)83)123-74(105)80-19-18-75(6,7)20-33(80)32-12-13-39-76(8)16-15-41(77(9,26-82)38(76)14-17-78(39,10)79(32,11)21-40(80)87)115-73-64(122-69-51(97)47(93)45(91)36(22-81)113-69)61(54(100)62(120-73)65(103)104)118-66-50(96)44(90)34(85)23-107-66/h12,26-29,33-64,66-73,81,85-102H,13-25H2,1-11H3,(H,103,104)/t27-,28-,29+,33+,34-,35-,36-,37-,38?,39?,40-,41+,42-,43+,44+,45+,46-,47+,48+,49+,50-,51-,52-,53-,54+,55-,56-,57+,58+,59+,60+,61+,62+,63-,64-,66+,67+,68+,69+,70+,71+,72+,73-,76+,77+,78-,79-,80-/m1/s1. The van der Waals surface area contributed by atoms with Gasteiger partial charge < -0.3 is 192 Å². The molecule has 2 unspecified atom stereocenters. The number of carboxylic acid groups (broad SMARTS) is 1. The van der Waals surface area contributed by atoms with Gasteiger partial charge in [0.15, 0.2) is 62.3 Å². The Kier molecular flexibility index (Phi) is 29.0. The smallest absolute Gasteiger partial charge is 0.335 e. The Morgan fingerprint density at radius 1 is 0.455 bits per heavy atom. The van der Waals surface area contributed by atoms with Crippen LogP contribution >= 0.6 is 0 Å². The lowest BCUT2D eigenvalue weighted by Gasteiger charge is -2.71. The Morgan fingerprint density at radius 2 is 0.967 bits per heavy atom. The molecule has 702 valence electrons. The Bertz CT molecular complexity index is 3710. The van der Waals surface area contributed by atoms with Gasteiger partial charge in [0.2, 0.25) is 6.29 Å². The van der Waals surface area contributed by atoms with Crippen LogP contribution in [0.1, 0.15) is 134 Å². The number of aliphatic hydroxyl groups is 19. The number of carbonyl (C=O) groups excluding carboxylic acids is 4. The van der Waals surface area contributed by atoms with Gasteiger partial charge in [0.1, 0.15) is 165 Å². The van der Waals surface area contributed by atoms with Crippen LogP contribution in [0.15, 0.2) is 11.6 Å². The molecule has 0 aromatic rings. The molecule has 5 aliphatic carbocycles. The maximum absolute atomic E-state index is 16.4. The molecular weight excluding hydrogens is 1650 g/mol. The van der Waals surface area contributed by atoms with Gasteiger partial charge in [-0.05, 0) is 118 Å². The lowest BCUT2D eigenvalue weighted by atomic mass is 9.33. The predicted molar refractivity (Wildman–Crippen MR) is 399 cm³/mol. The van der Waals surface area contributed by atoms with Crippen LogP contribution < -0.4 is 0 Å². The average molecular weight is 1770 g/mol. The Labute approximate surface area is 707 Å². The number of carbonyl (C=O) groups is 5. The molecule has 0 spiro atoms. The molecule has 0 amide bonds. The SMILES string of the molecule is CC(=O)OC[C@H]1O[C@@H](O[C@@H]2[C@@H](O)[C@H](O[C@@H]3[C@@H](O)[C@@H](O)[C@H](O[C@H]4[C@H](OC(=O)[C@]56CCC(C)(C)C[C@H]5C5=CCC7[C@@]8(C)CC[C@H](O[C@@H]9O[C@H](C(=O)O)[C@@H](O)[C@H](O[C@@H]%10OC[C@@H](O)[C@H](O)[C@H]%10O)[C@H]9O[C@@H]9O[C@H](CO)[C@H](O)[C@H](O)[C@H]9O)[C@@](C)(C=O)C8CC[C@@]7(C)[C@]5(C)C[C@H]6O)O[C@H](C)[C@H](O)[C@@H]4O[C@@H]4O[C@H](C)[C@@H](O)[C@H](OC(C)=O)[C@H]4O)O[C@H]3C)OC[C@H]2O)[C@H](O)[C@@H](O)[C@@H]1O. The fourth-order valence-electron chi connectivity index (χ4n) is 22.2. The van der Waals surface area contributed by atoms with Crippen molar-refractivity contribution in [1.29, 1.82) is 0 Å². The van der Waals surface area contributed by atoms with E-state index in [0.717, 1.165) is 25.7 Å². The minimum absolute atomic E-state index is 0.0253. The van der Waals surface area contributed by atoms with Crippen molar-refractivity contribution in [3.63, 3.8) is 0 Å². The van der Waals surface area contributed by atoms with Crippen molar-refractivity contribution in [1.82, 2.24) is 0 Å². The number of aldehydes is 1. The van der Waals surface area contributed by atoms with Crippen LogP contribution in [0.25, 0.3) is 0 Å². The molecule has 13 aliphatic rings. The molecule has 8 saturated heterocycles.